The van der Waals surface area contributed by atoms with Crippen molar-refractivity contribution in [3.05, 3.63) is 36.9 Å². The Kier molecular flexibility index (Phi) is 4.82. The van der Waals surface area contributed by atoms with Crippen LogP contribution in [-0.2, 0) is 4.74 Å². The number of fused-ring (bicyclic) bond motifs is 2. The Balaban J connectivity index is 1.30. The average molecular weight is 433 g/mol. The second-order valence-electron chi connectivity index (χ2n) is 7.36. The van der Waals surface area contributed by atoms with E-state index in [-0.39, 0.29) is 6.04 Å². The van der Waals surface area contributed by atoms with Crippen molar-refractivity contribution in [3.63, 3.8) is 0 Å². The molecule has 4 heterocycles. The topological polar surface area (TPSA) is 75.7 Å². The van der Waals surface area contributed by atoms with Crippen LogP contribution in [0.25, 0.3) is 31.6 Å². The number of nitrogens with one attached hydrogen (secondary N) is 2. The van der Waals surface area contributed by atoms with Gasteiger partial charge >= 0.3 is 6.36 Å². The van der Waals surface area contributed by atoms with Crippen molar-refractivity contribution in [1.29, 1.82) is 0 Å². The fraction of sp³-hybridized carbons (Fsp3) is 0.350. The lowest BCUT2D eigenvalue weighted by Crippen LogP contribution is -2.33. The molecule has 0 aromatic carbocycles. The first-order chi connectivity index (χ1) is 14.4. The molecule has 0 amide bonds. The van der Waals surface area contributed by atoms with Crippen LogP contribution in [0.2, 0.25) is 0 Å². The van der Waals surface area contributed by atoms with E-state index in [0.717, 1.165) is 21.2 Å². The lowest BCUT2D eigenvalue weighted by atomic mass is 9.93. The van der Waals surface area contributed by atoms with Crippen LogP contribution in [0.1, 0.15) is 25.7 Å². The number of alkyl halides is 3. The van der Waals surface area contributed by atoms with Gasteiger partial charge in [-0.2, -0.15) is 4.98 Å². The minimum atomic E-state index is -4.57. The molecule has 4 aromatic rings. The summed E-state index contributed by atoms with van der Waals surface area (Å²) in [6, 6.07) is 4.12. The Morgan fingerprint density at radius 1 is 1.17 bits per heavy atom. The van der Waals surface area contributed by atoms with Gasteiger partial charge in [-0.15, -0.1) is 24.5 Å². The number of H-pyrrole nitrogens is 1. The number of rotatable bonds is 4. The molecule has 0 spiro atoms. The standard InChI is InChI=1S/C20H18F3N5OS/c21-20(22,23)29-13-3-1-12(2-4-13)27-19-26-10-15-14(9-25-18(15)28-19)17-7-11-8-24-6-5-16(11)30-17/h5-10,12-13H,1-4H2,(H2,25,26,27,28). The van der Waals surface area contributed by atoms with Crippen LogP contribution in [0.15, 0.2) is 36.9 Å². The molecular weight excluding hydrogens is 415 g/mol. The lowest BCUT2D eigenvalue weighted by Gasteiger charge is -2.29. The second-order valence-corrected chi connectivity index (χ2v) is 8.45. The van der Waals surface area contributed by atoms with Crippen molar-refractivity contribution < 1.29 is 17.9 Å². The number of aromatic amines is 1. The van der Waals surface area contributed by atoms with Crippen LogP contribution in [0.5, 0.6) is 0 Å². The van der Waals surface area contributed by atoms with Gasteiger partial charge in [0.1, 0.15) is 5.65 Å². The number of thiophene rings is 1. The summed E-state index contributed by atoms with van der Waals surface area (Å²) in [5, 5.41) is 5.25. The molecule has 10 heteroatoms. The van der Waals surface area contributed by atoms with Crippen molar-refractivity contribution in [3.8, 4) is 10.4 Å². The zero-order chi connectivity index (χ0) is 20.7. The van der Waals surface area contributed by atoms with E-state index >= 15 is 0 Å². The van der Waals surface area contributed by atoms with Gasteiger partial charge in [0.2, 0.25) is 5.95 Å². The van der Waals surface area contributed by atoms with Crippen molar-refractivity contribution in [2.24, 2.45) is 0 Å². The molecule has 30 heavy (non-hydrogen) atoms. The number of pyridine rings is 1. The normalized spacial score (nSPS) is 20.1. The molecule has 0 unspecified atom stereocenters. The Bertz CT molecular complexity index is 1150. The molecular formula is C20H18F3N5OS. The highest BCUT2D eigenvalue weighted by atomic mass is 32.1. The van der Waals surface area contributed by atoms with Gasteiger partial charge in [-0.1, -0.05) is 0 Å². The van der Waals surface area contributed by atoms with Crippen LogP contribution in [-0.4, -0.2) is 38.4 Å². The summed E-state index contributed by atoms with van der Waals surface area (Å²) in [6.45, 7) is 0. The van der Waals surface area contributed by atoms with Gasteiger partial charge in [0.05, 0.1) is 6.10 Å². The Labute approximate surface area is 173 Å². The van der Waals surface area contributed by atoms with E-state index in [9.17, 15) is 13.2 Å². The molecule has 0 saturated heterocycles. The third-order valence-electron chi connectivity index (χ3n) is 5.32. The summed E-state index contributed by atoms with van der Waals surface area (Å²) in [7, 11) is 0. The van der Waals surface area contributed by atoms with Crippen LogP contribution in [0, 0.1) is 0 Å². The molecule has 1 aliphatic rings. The third-order valence-corrected chi connectivity index (χ3v) is 6.47. The zero-order valence-electron chi connectivity index (χ0n) is 15.7. The fourth-order valence-corrected chi connectivity index (χ4v) is 4.95. The van der Waals surface area contributed by atoms with Crippen LogP contribution >= 0.6 is 11.3 Å². The number of halogens is 3. The number of ether oxygens (including phenoxy) is 1. The maximum atomic E-state index is 12.4. The molecule has 0 bridgehead atoms. The van der Waals surface area contributed by atoms with E-state index in [4.69, 9.17) is 0 Å². The first-order valence-corrected chi connectivity index (χ1v) is 10.5. The van der Waals surface area contributed by atoms with Crippen molar-refractivity contribution in [1.82, 2.24) is 19.9 Å². The molecule has 0 aliphatic heterocycles. The molecule has 1 fully saturated rings. The zero-order valence-corrected chi connectivity index (χ0v) is 16.6. The van der Waals surface area contributed by atoms with E-state index in [1.807, 2.05) is 18.5 Å². The molecule has 4 aromatic heterocycles. The van der Waals surface area contributed by atoms with Gasteiger partial charge in [0.15, 0.2) is 0 Å². The van der Waals surface area contributed by atoms with E-state index in [0.29, 0.717) is 37.3 Å². The molecule has 156 valence electrons. The average Bonchev–Trinajstić information content (AvgIpc) is 3.31. The smallest absolute Gasteiger partial charge is 0.351 e. The van der Waals surface area contributed by atoms with Gasteiger partial charge in [0, 0.05) is 56.7 Å². The third kappa shape index (κ3) is 3.97. The van der Waals surface area contributed by atoms with E-state index in [2.05, 4.69) is 36.1 Å². The molecule has 1 aliphatic carbocycles. The minimum Gasteiger partial charge on any atom is -0.351 e. The highest BCUT2D eigenvalue weighted by Gasteiger charge is 2.35. The second kappa shape index (κ2) is 7.51. The lowest BCUT2D eigenvalue weighted by molar-refractivity contribution is -0.345. The molecule has 0 radical (unpaired) electrons. The Hall–Kier alpha value is -2.72. The summed E-state index contributed by atoms with van der Waals surface area (Å²) in [4.78, 5) is 17.4. The first-order valence-electron chi connectivity index (χ1n) is 9.64. The molecule has 6 nitrogen and oxygen atoms in total. The quantitative estimate of drug-likeness (QED) is 0.445. The molecule has 0 atom stereocenters. The monoisotopic (exact) mass is 433 g/mol. The number of hydrogen-bond donors (Lipinski definition) is 2. The highest BCUT2D eigenvalue weighted by molar-refractivity contribution is 7.22. The van der Waals surface area contributed by atoms with Crippen LogP contribution < -0.4 is 5.32 Å². The summed E-state index contributed by atoms with van der Waals surface area (Å²) >= 11 is 1.68. The summed E-state index contributed by atoms with van der Waals surface area (Å²) in [6.07, 6.45) is 3.84. The Morgan fingerprint density at radius 3 is 2.77 bits per heavy atom. The SMILES string of the molecule is FC(F)(F)OC1CCC(Nc2ncc3c(-c4cc5cnccc5s4)c[nH]c3n2)CC1. The first kappa shape index (κ1) is 19.3. The summed E-state index contributed by atoms with van der Waals surface area (Å²) < 4.78 is 42.4. The maximum absolute atomic E-state index is 12.4. The van der Waals surface area contributed by atoms with E-state index in [1.165, 1.54) is 4.70 Å². The van der Waals surface area contributed by atoms with Crippen LogP contribution in [0.4, 0.5) is 19.1 Å². The molecule has 2 N–H and O–H groups in total. The number of aromatic nitrogens is 4. The van der Waals surface area contributed by atoms with Gasteiger partial charge in [-0.25, -0.2) is 4.98 Å². The predicted octanol–water partition coefficient (Wildman–Crippen LogP) is 5.49. The number of anilines is 1. The fourth-order valence-electron chi connectivity index (χ4n) is 3.89. The number of nitrogens with zero attached hydrogens (tertiary/aromatic N) is 3. The van der Waals surface area contributed by atoms with Gasteiger partial charge < -0.3 is 10.3 Å². The van der Waals surface area contributed by atoms with E-state index in [1.54, 1.807) is 23.7 Å². The summed E-state index contributed by atoms with van der Waals surface area (Å²) in [5.74, 6) is 0.469. The molecule has 1 saturated carbocycles. The van der Waals surface area contributed by atoms with Crippen molar-refractivity contribution >= 4 is 38.4 Å². The highest BCUT2D eigenvalue weighted by Crippen LogP contribution is 2.36. The molecule has 5 rings (SSSR count). The predicted molar refractivity (Wildman–Crippen MR) is 109 cm³/mol. The van der Waals surface area contributed by atoms with E-state index < -0.39 is 12.5 Å². The van der Waals surface area contributed by atoms with Crippen molar-refractivity contribution in [2.75, 3.05) is 5.32 Å². The van der Waals surface area contributed by atoms with Crippen LogP contribution in [0.3, 0.4) is 0 Å². The van der Waals surface area contributed by atoms with Gasteiger partial charge in [-0.05, 0) is 37.8 Å². The van der Waals surface area contributed by atoms with Gasteiger partial charge in [-0.3, -0.25) is 9.72 Å². The summed E-state index contributed by atoms with van der Waals surface area (Å²) in [5.41, 5.74) is 1.75. The largest absolute Gasteiger partial charge is 0.522 e. The van der Waals surface area contributed by atoms with Crippen molar-refractivity contribution in [2.45, 2.75) is 44.2 Å². The minimum absolute atomic E-state index is 0.0278. The van der Waals surface area contributed by atoms with Gasteiger partial charge in [0.25, 0.3) is 0 Å². The Morgan fingerprint density at radius 2 is 2.00 bits per heavy atom. The maximum Gasteiger partial charge on any atom is 0.522 e. The number of hydrogen-bond acceptors (Lipinski definition) is 6.